The quantitative estimate of drug-likeness (QED) is 0.505. The van der Waals surface area contributed by atoms with Gasteiger partial charge in [0.2, 0.25) is 0 Å². The first-order chi connectivity index (χ1) is 14.0. The van der Waals surface area contributed by atoms with Crippen LogP contribution in [-0.4, -0.2) is 23.6 Å². The number of carbonyl (C=O) groups is 1. The summed E-state index contributed by atoms with van der Waals surface area (Å²) in [6, 6.07) is 14.3. The Morgan fingerprint density at radius 2 is 1.97 bits per heavy atom. The SMILES string of the molecule is COc1ccc(N(C(=O)c2cc(C)n(Cc3cccs3)c2C)C(C)C2CC2)cc1. The van der Waals surface area contributed by atoms with E-state index < -0.39 is 0 Å². The smallest absolute Gasteiger partial charge is 0.260 e. The number of rotatable bonds is 7. The van der Waals surface area contributed by atoms with E-state index in [-0.39, 0.29) is 11.9 Å². The lowest BCUT2D eigenvalue weighted by atomic mass is 10.1. The second-order valence-electron chi connectivity index (χ2n) is 7.90. The van der Waals surface area contributed by atoms with Crippen molar-refractivity contribution in [2.45, 2.75) is 46.2 Å². The standard InChI is InChI=1S/C24H28N2O2S/c1-16-14-23(18(3)25(16)15-22-6-5-13-29-22)24(27)26(17(2)19-7-8-19)20-9-11-21(28-4)12-10-20/h5-6,9-14,17,19H,7-8,15H2,1-4H3. The molecule has 152 valence electrons. The van der Waals surface area contributed by atoms with E-state index in [4.69, 9.17) is 4.74 Å². The van der Waals surface area contributed by atoms with E-state index in [1.807, 2.05) is 35.2 Å². The third-order valence-corrected chi connectivity index (χ3v) is 6.84. The Labute approximate surface area is 176 Å². The number of aromatic nitrogens is 1. The molecule has 1 aliphatic carbocycles. The number of aryl methyl sites for hydroxylation is 1. The van der Waals surface area contributed by atoms with E-state index in [0.717, 1.165) is 34.9 Å². The molecule has 1 unspecified atom stereocenters. The van der Waals surface area contributed by atoms with E-state index in [2.05, 4.69) is 42.9 Å². The monoisotopic (exact) mass is 408 g/mol. The zero-order valence-corrected chi connectivity index (χ0v) is 18.3. The number of benzene rings is 1. The van der Waals surface area contributed by atoms with Gasteiger partial charge >= 0.3 is 0 Å². The molecule has 1 amide bonds. The molecule has 0 radical (unpaired) electrons. The second kappa shape index (κ2) is 8.07. The average Bonchev–Trinajstić information content (AvgIpc) is 3.39. The highest BCUT2D eigenvalue weighted by molar-refractivity contribution is 7.09. The molecule has 0 N–H and O–H groups in total. The molecule has 29 heavy (non-hydrogen) atoms. The highest BCUT2D eigenvalue weighted by Gasteiger charge is 2.36. The van der Waals surface area contributed by atoms with Crippen LogP contribution in [0.15, 0.2) is 47.8 Å². The van der Waals surface area contributed by atoms with Crippen LogP contribution in [0.1, 0.15) is 46.4 Å². The van der Waals surface area contributed by atoms with Gasteiger partial charge in [0.1, 0.15) is 5.75 Å². The van der Waals surface area contributed by atoms with Gasteiger partial charge in [0.25, 0.3) is 5.91 Å². The minimum atomic E-state index is 0.0834. The summed E-state index contributed by atoms with van der Waals surface area (Å²) in [7, 11) is 1.66. The van der Waals surface area contributed by atoms with Crippen molar-refractivity contribution in [3.8, 4) is 5.75 Å². The fourth-order valence-electron chi connectivity index (χ4n) is 4.02. The lowest BCUT2D eigenvalue weighted by Crippen LogP contribution is -2.40. The van der Waals surface area contributed by atoms with Crippen molar-refractivity contribution in [2.24, 2.45) is 5.92 Å². The number of carbonyl (C=O) groups excluding carboxylic acids is 1. The lowest BCUT2D eigenvalue weighted by Gasteiger charge is -2.30. The summed E-state index contributed by atoms with van der Waals surface area (Å²) in [4.78, 5) is 17.0. The summed E-state index contributed by atoms with van der Waals surface area (Å²) in [6.45, 7) is 7.12. The summed E-state index contributed by atoms with van der Waals surface area (Å²) in [5.74, 6) is 1.46. The first-order valence-corrected chi connectivity index (χ1v) is 11.0. The number of ether oxygens (including phenoxy) is 1. The molecule has 1 fully saturated rings. The third kappa shape index (κ3) is 3.97. The number of thiophene rings is 1. The van der Waals surface area contributed by atoms with Gasteiger partial charge < -0.3 is 14.2 Å². The highest BCUT2D eigenvalue weighted by Crippen LogP contribution is 2.38. The predicted molar refractivity (Wildman–Crippen MR) is 119 cm³/mol. The maximum absolute atomic E-state index is 13.7. The van der Waals surface area contributed by atoms with E-state index in [9.17, 15) is 4.79 Å². The molecule has 3 aromatic rings. The van der Waals surface area contributed by atoms with Crippen LogP contribution < -0.4 is 9.64 Å². The summed E-state index contributed by atoms with van der Waals surface area (Å²) in [5.41, 5.74) is 3.87. The normalized spacial score (nSPS) is 14.6. The number of nitrogens with zero attached hydrogens (tertiary/aromatic N) is 2. The van der Waals surface area contributed by atoms with Crippen molar-refractivity contribution in [1.82, 2.24) is 4.57 Å². The number of methoxy groups -OCH3 is 1. The van der Waals surface area contributed by atoms with Gasteiger partial charge in [-0.05, 0) is 81.3 Å². The molecule has 0 spiro atoms. The van der Waals surface area contributed by atoms with Crippen LogP contribution in [0.4, 0.5) is 5.69 Å². The van der Waals surface area contributed by atoms with Crippen LogP contribution in [-0.2, 0) is 6.54 Å². The summed E-state index contributed by atoms with van der Waals surface area (Å²) in [6.07, 6.45) is 2.39. The number of amides is 1. The van der Waals surface area contributed by atoms with Crippen molar-refractivity contribution in [3.05, 3.63) is 69.7 Å². The van der Waals surface area contributed by atoms with Gasteiger partial charge in [-0.2, -0.15) is 0 Å². The molecule has 5 heteroatoms. The molecule has 4 rings (SSSR count). The molecule has 1 aliphatic rings. The minimum Gasteiger partial charge on any atom is -0.497 e. The predicted octanol–water partition coefficient (Wildman–Crippen LogP) is 5.67. The van der Waals surface area contributed by atoms with E-state index in [1.165, 1.54) is 17.7 Å². The van der Waals surface area contributed by atoms with Crippen molar-refractivity contribution in [3.63, 3.8) is 0 Å². The molecule has 4 nitrogen and oxygen atoms in total. The van der Waals surface area contributed by atoms with Gasteiger partial charge in [0.05, 0.1) is 19.2 Å². The van der Waals surface area contributed by atoms with Gasteiger partial charge in [-0.1, -0.05) is 6.07 Å². The maximum Gasteiger partial charge on any atom is 0.260 e. The molecular formula is C24H28N2O2S. The summed E-state index contributed by atoms with van der Waals surface area (Å²) < 4.78 is 7.54. The first-order valence-electron chi connectivity index (χ1n) is 10.2. The van der Waals surface area contributed by atoms with Crippen LogP contribution in [0.25, 0.3) is 0 Å². The van der Waals surface area contributed by atoms with Gasteiger partial charge in [0, 0.05) is 28.0 Å². The Kier molecular flexibility index (Phi) is 5.50. The maximum atomic E-state index is 13.7. The number of hydrogen-bond acceptors (Lipinski definition) is 3. The van der Waals surface area contributed by atoms with Crippen LogP contribution in [0.3, 0.4) is 0 Å². The second-order valence-corrected chi connectivity index (χ2v) is 8.93. The molecular weight excluding hydrogens is 380 g/mol. The highest BCUT2D eigenvalue weighted by atomic mass is 32.1. The Hall–Kier alpha value is -2.53. The van der Waals surface area contributed by atoms with E-state index >= 15 is 0 Å². The van der Waals surface area contributed by atoms with Crippen molar-refractivity contribution >= 4 is 22.9 Å². The summed E-state index contributed by atoms with van der Waals surface area (Å²) in [5, 5.41) is 2.10. The molecule has 0 saturated heterocycles. The lowest BCUT2D eigenvalue weighted by molar-refractivity contribution is 0.0975. The Morgan fingerprint density at radius 3 is 2.55 bits per heavy atom. The third-order valence-electron chi connectivity index (χ3n) is 5.98. The first kappa shape index (κ1) is 19.8. The average molecular weight is 409 g/mol. The van der Waals surface area contributed by atoms with Gasteiger partial charge in [-0.25, -0.2) is 0 Å². The van der Waals surface area contributed by atoms with Gasteiger partial charge in [-0.15, -0.1) is 11.3 Å². The number of anilines is 1. The fraction of sp³-hybridized carbons (Fsp3) is 0.375. The van der Waals surface area contributed by atoms with E-state index in [1.54, 1.807) is 18.4 Å². The molecule has 2 aromatic heterocycles. The molecule has 2 heterocycles. The van der Waals surface area contributed by atoms with E-state index in [0.29, 0.717) is 5.92 Å². The fourth-order valence-corrected chi connectivity index (χ4v) is 4.71. The van der Waals surface area contributed by atoms with Crippen LogP contribution in [0.5, 0.6) is 5.75 Å². The minimum absolute atomic E-state index is 0.0834. The number of hydrogen-bond donors (Lipinski definition) is 0. The van der Waals surface area contributed by atoms with Crippen molar-refractivity contribution < 1.29 is 9.53 Å². The summed E-state index contributed by atoms with van der Waals surface area (Å²) >= 11 is 1.75. The Bertz CT molecular complexity index is 985. The van der Waals surface area contributed by atoms with Gasteiger partial charge in [-0.3, -0.25) is 4.79 Å². The molecule has 0 aliphatic heterocycles. The van der Waals surface area contributed by atoms with Crippen LogP contribution in [0.2, 0.25) is 0 Å². The molecule has 1 atom stereocenters. The molecule has 1 saturated carbocycles. The Balaban J connectivity index is 1.68. The largest absolute Gasteiger partial charge is 0.497 e. The van der Waals surface area contributed by atoms with Crippen LogP contribution >= 0.6 is 11.3 Å². The van der Waals surface area contributed by atoms with Crippen LogP contribution in [0, 0.1) is 19.8 Å². The van der Waals surface area contributed by atoms with Crippen molar-refractivity contribution in [1.29, 1.82) is 0 Å². The Morgan fingerprint density at radius 1 is 1.24 bits per heavy atom. The zero-order valence-electron chi connectivity index (χ0n) is 17.5. The van der Waals surface area contributed by atoms with Gasteiger partial charge in [0.15, 0.2) is 0 Å². The molecule has 0 bridgehead atoms. The molecule has 1 aromatic carbocycles. The zero-order chi connectivity index (χ0) is 20.5. The van der Waals surface area contributed by atoms with Crippen molar-refractivity contribution in [2.75, 3.05) is 12.0 Å². The topological polar surface area (TPSA) is 34.5 Å².